The van der Waals surface area contributed by atoms with E-state index in [9.17, 15) is 4.39 Å². The van der Waals surface area contributed by atoms with E-state index in [1.807, 2.05) is 20.9 Å². The van der Waals surface area contributed by atoms with Gasteiger partial charge in [-0.25, -0.2) is 4.39 Å². The number of halogens is 1. The molecule has 0 bridgehead atoms. The molecule has 4 nitrogen and oxygen atoms in total. The molecule has 1 atom stereocenters. The van der Waals surface area contributed by atoms with Crippen molar-refractivity contribution in [3.05, 3.63) is 35.5 Å². The molecule has 17 heavy (non-hydrogen) atoms. The predicted octanol–water partition coefficient (Wildman–Crippen LogP) is 2.46. The minimum atomic E-state index is -0.265. The van der Waals surface area contributed by atoms with E-state index >= 15 is 0 Å². The molecule has 1 aromatic heterocycles. The molecule has 0 aliphatic rings. The molecule has 0 saturated carbocycles. The fraction of sp³-hybridized carbons (Fsp3) is 0.333. The lowest BCUT2D eigenvalue weighted by Crippen LogP contribution is -2.12. The molecule has 0 spiro atoms. The van der Waals surface area contributed by atoms with E-state index in [1.54, 1.807) is 6.07 Å². The number of aryl methyl sites for hydroxylation is 1. The highest BCUT2D eigenvalue weighted by molar-refractivity contribution is 5.59. The Morgan fingerprint density at radius 3 is 2.82 bits per heavy atom. The molecular formula is C12H14FN3O. The van der Waals surface area contributed by atoms with Crippen LogP contribution in [0.2, 0.25) is 0 Å². The smallest absolute Gasteiger partial charge is 0.243 e. The summed E-state index contributed by atoms with van der Waals surface area (Å²) in [5.41, 5.74) is 1.57. The first-order valence-electron chi connectivity index (χ1n) is 5.39. The summed E-state index contributed by atoms with van der Waals surface area (Å²) in [7, 11) is 1.82. The highest BCUT2D eigenvalue weighted by Gasteiger charge is 2.14. The van der Waals surface area contributed by atoms with Crippen LogP contribution in [0.15, 0.2) is 22.7 Å². The van der Waals surface area contributed by atoms with Crippen LogP contribution in [-0.4, -0.2) is 17.2 Å². The molecule has 1 aromatic carbocycles. The molecule has 0 radical (unpaired) electrons. The van der Waals surface area contributed by atoms with Crippen molar-refractivity contribution in [3.8, 4) is 11.4 Å². The van der Waals surface area contributed by atoms with Crippen LogP contribution in [0.4, 0.5) is 4.39 Å². The molecule has 90 valence electrons. The van der Waals surface area contributed by atoms with E-state index in [0.717, 1.165) is 11.1 Å². The third-order valence-electron chi connectivity index (χ3n) is 2.67. The van der Waals surface area contributed by atoms with Crippen LogP contribution < -0.4 is 5.32 Å². The maximum atomic E-state index is 13.0. The Labute approximate surface area is 98.8 Å². The predicted molar refractivity (Wildman–Crippen MR) is 61.9 cm³/mol. The normalized spacial score (nSPS) is 12.7. The molecule has 1 N–H and O–H groups in total. The van der Waals surface area contributed by atoms with Crippen molar-refractivity contribution in [2.45, 2.75) is 19.9 Å². The van der Waals surface area contributed by atoms with Crippen molar-refractivity contribution in [2.75, 3.05) is 7.05 Å². The van der Waals surface area contributed by atoms with E-state index in [-0.39, 0.29) is 11.9 Å². The second kappa shape index (κ2) is 4.63. The lowest BCUT2D eigenvalue weighted by Gasteiger charge is -2.02. The van der Waals surface area contributed by atoms with Crippen molar-refractivity contribution in [1.82, 2.24) is 15.5 Å². The Hall–Kier alpha value is -1.75. The van der Waals surface area contributed by atoms with Gasteiger partial charge in [-0.3, -0.25) is 0 Å². The molecule has 2 rings (SSSR count). The lowest BCUT2D eigenvalue weighted by atomic mass is 10.1. The van der Waals surface area contributed by atoms with Gasteiger partial charge in [0.2, 0.25) is 11.7 Å². The monoisotopic (exact) mass is 235 g/mol. The average molecular weight is 235 g/mol. The molecule has 2 aromatic rings. The summed E-state index contributed by atoms with van der Waals surface area (Å²) in [4.78, 5) is 4.28. The van der Waals surface area contributed by atoms with Gasteiger partial charge in [-0.15, -0.1) is 0 Å². The Morgan fingerprint density at radius 1 is 1.41 bits per heavy atom. The van der Waals surface area contributed by atoms with Gasteiger partial charge in [0.25, 0.3) is 0 Å². The highest BCUT2D eigenvalue weighted by Crippen LogP contribution is 2.22. The van der Waals surface area contributed by atoms with Crippen molar-refractivity contribution in [2.24, 2.45) is 0 Å². The fourth-order valence-corrected chi connectivity index (χ4v) is 1.52. The summed E-state index contributed by atoms with van der Waals surface area (Å²) in [6.07, 6.45) is 0. The minimum Gasteiger partial charge on any atom is -0.337 e. The Morgan fingerprint density at radius 2 is 2.18 bits per heavy atom. The van der Waals surface area contributed by atoms with Gasteiger partial charge in [-0.05, 0) is 44.7 Å². The molecule has 0 amide bonds. The summed E-state index contributed by atoms with van der Waals surface area (Å²) in [5, 5.41) is 6.91. The summed E-state index contributed by atoms with van der Waals surface area (Å²) in [6.45, 7) is 3.74. The van der Waals surface area contributed by atoms with Crippen LogP contribution in [0, 0.1) is 12.7 Å². The van der Waals surface area contributed by atoms with Crippen molar-refractivity contribution < 1.29 is 8.91 Å². The summed E-state index contributed by atoms with van der Waals surface area (Å²) < 4.78 is 18.1. The van der Waals surface area contributed by atoms with Crippen LogP contribution in [0.1, 0.15) is 24.4 Å². The summed E-state index contributed by atoms with van der Waals surface area (Å²) >= 11 is 0. The van der Waals surface area contributed by atoms with Crippen LogP contribution in [-0.2, 0) is 0 Å². The summed E-state index contributed by atoms with van der Waals surface area (Å²) in [5.74, 6) is 0.740. The zero-order chi connectivity index (χ0) is 12.4. The Balaban J connectivity index is 2.37. The van der Waals surface area contributed by atoms with E-state index in [4.69, 9.17) is 4.52 Å². The second-order valence-electron chi connectivity index (χ2n) is 3.93. The quantitative estimate of drug-likeness (QED) is 0.887. The largest absolute Gasteiger partial charge is 0.337 e. The number of aromatic nitrogens is 2. The SMILES string of the molecule is CNC(C)c1nc(-c2ccc(F)cc2C)no1. The number of hydrogen-bond donors (Lipinski definition) is 1. The maximum absolute atomic E-state index is 13.0. The maximum Gasteiger partial charge on any atom is 0.243 e. The first kappa shape index (κ1) is 11.7. The van der Waals surface area contributed by atoms with Gasteiger partial charge in [-0.1, -0.05) is 5.16 Å². The number of hydrogen-bond acceptors (Lipinski definition) is 4. The first-order chi connectivity index (χ1) is 8.11. The van der Waals surface area contributed by atoms with E-state index < -0.39 is 0 Å². The molecule has 0 saturated heterocycles. The number of benzene rings is 1. The molecule has 5 heteroatoms. The molecule has 1 heterocycles. The van der Waals surface area contributed by atoms with Crippen molar-refractivity contribution >= 4 is 0 Å². The number of rotatable bonds is 3. The van der Waals surface area contributed by atoms with Crippen LogP contribution in [0.3, 0.4) is 0 Å². The summed E-state index contributed by atoms with van der Waals surface area (Å²) in [6, 6.07) is 4.49. The van der Waals surface area contributed by atoms with Crippen molar-refractivity contribution in [3.63, 3.8) is 0 Å². The molecular weight excluding hydrogens is 221 g/mol. The molecule has 0 fully saturated rings. The zero-order valence-corrected chi connectivity index (χ0v) is 9.99. The lowest BCUT2D eigenvalue weighted by molar-refractivity contribution is 0.347. The average Bonchev–Trinajstić information content (AvgIpc) is 2.77. The van der Waals surface area contributed by atoms with Crippen LogP contribution in [0.25, 0.3) is 11.4 Å². The van der Waals surface area contributed by atoms with E-state index in [0.29, 0.717) is 11.7 Å². The van der Waals surface area contributed by atoms with Crippen LogP contribution in [0.5, 0.6) is 0 Å². The Bertz CT molecular complexity index is 524. The third-order valence-corrected chi connectivity index (χ3v) is 2.67. The van der Waals surface area contributed by atoms with Gasteiger partial charge in [0, 0.05) is 5.56 Å². The topological polar surface area (TPSA) is 51.0 Å². The third kappa shape index (κ3) is 2.34. The van der Waals surface area contributed by atoms with E-state index in [2.05, 4.69) is 15.5 Å². The van der Waals surface area contributed by atoms with Crippen LogP contribution >= 0.6 is 0 Å². The van der Waals surface area contributed by atoms with Gasteiger partial charge in [0.1, 0.15) is 5.82 Å². The fourth-order valence-electron chi connectivity index (χ4n) is 1.52. The highest BCUT2D eigenvalue weighted by atomic mass is 19.1. The molecule has 0 aliphatic heterocycles. The molecule has 1 unspecified atom stereocenters. The minimum absolute atomic E-state index is 0.00277. The van der Waals surface area contributed by atoms with Gasteiger partial charge in [0.15, 0.2) is 0 Å². The number of nitrogens with zero attached hydrogens (tertiary/aromatic N) is 2. The van der Waals surface area contributed by atoms with Gasteiger partial charge >= 0.3 is 0 Å². The zero-order valence-electron chi connectivity index (χ0n) is 9.99. The number of nitrogens with one attached hydrogen (secondary N) is 1. The van der Waals surface area contributed by atoms with Gasteiger partial charge in [0.05, 0.1) is 6.04 Å². The van der Waals surface area contributed by atoms with Gasteiger partial charge < -0.3 is 9.84 Å². The van der Waals surface area contributed by atoms with Crippen molar-refractivity contribution in [1.29, 1.82) is 0 Å². The standard InChI is InChI=1S/C12H14FN3O/c1-7-6-9(13)4-5-10(7)11-15-12(17-16-11)8(2)14-3/h4-6,8,14H,1-3H3. The van der Waals surface area contributed by atoms with Gasteiger partial charge in [-0.2, -0.15) is 4.98 Å². The molecule has 0 aliphatic carbocycles. The first-order valence-corrected chi connectivity index (χ1v) is 5.39. The Kier molecular flexibility index (Phi) is 3.19. The second-order valence-corrected chi connectivity index (χ2v) is 3.93. The van der Waals surface area contributed by atoms with E-state index in [1.165, 1.54) is 12.1 Å².